The Labute approximate surface area is 127 Å². The summed E-state index contributed by atoms with van der Waals surface area (Å²) in [4.78, 5) is 4.14. The minimum atomic E-state index is -3.54. The number of benzene rings is 1. The molecule has 0 aliphatic rings. The van der Waals surface area contributed by atoms with Crippen molar-refractivity contribution in [1.29, 1.82) is 0 Å². The van der Waals surface area contributed by atoms with Crippen LogP contribution in [0, 0.1) is 5.21 Å². The largest absolute Gasteiger partial charge is 0.618 e. The monoisotopic (exact) mass is 320 g/mol. The van der Waals surface area contributed by atoms with Crippen molar-refractivity contribution < 1.29 is 13.1 Å². The van der Waals surface area contributed by atoms with Crippen molar-refractivity contribution in [2.45, 2.75) is 25.0 Å². The number of nitrogens with zero attached hydrogens (tertiary/aromatic N) is 3. The summed E-state index contributed by atoms with van der Waals surface area (Å²) in [6.45, 7) is 3.80. The molecule has 22 heavy (non-hydrogen) atoms. The molecule has 116 valence electrons. The summed E-state index contributed by atoms with van der Waals surface area (Å²) in [5.74, 6) is 0. The smallest absolute Gasteiger partial charge is 0.247 e. The van der Waals surface area contributed by atoms with Gasteiger partial charge in [0.15, 0.2) is 5.52 Å². The Kier molecular flexibility index (Phi) is 3.21. The van der Waals surface area contributed by atoms with Crippen LogP contribution >= 0.6 is 0 Å². The van der Waals surface area contributed by atoms with Gasteiger partial charge < -0.3 is 10.6 Å². The number of rotatable bonds is 3. The molecular weight excluding hydrogens is 304 g/mol. The highest BCUT2D eigenvalue weighted by Gasteiger charge is 2.24. The lowest BCUT2D eigenvalue weighted by molar-refractivity contribution is -0.575. The number of nitrogens with one attached hydrogen (secondary N) is 1. The van der Waals surface area contributed by atoms with Crippen molar-refractivity contribution in [2.24, 2.45) is 0 Å². The first-order valence-electron chi connectivity index (χ1n) is 6.79. The van der Waals surface area contributed by atoms with Gasteiger partial charge in [0.05, 0.1) is 5.39 Å². The van der Waals surface area contributed by atoms with E-state index in [2.05, 4.69) is 10.4 Å². The third-order valence-electron chi connectivity index (χ3n) is 3.23. The van der Waals surface area contributed by atoms with Crippen LogP contribution in [0.3, 0.4) is 0 Å². The van der Waals surface area contributed by atoms with Crippen molar-refractivity contribution in [3.05, 3.63) is 35.7 Å². The molecule has 0 unspecified atom stereocenters. The molecular formula is C14H16N4O3S. The summed E-state index contributed by atoms with van der Waals surface area (Å²) in [5, 5.41) is 12.6. The normalized spacial score (nSPS) is 12.4. The summed E-state index contributed by atoms with van der Waals surface area (Å²) in [7, 11) is -3.54. The molecule has 0 radical (unpaired) electrons. The van der Waals surface area contributed by atoms with E-state index in [1.807, 2.05) is 13.8 Å². The molecule has 0 saturated carbocycles. The van der Waals surface area contributed by atoms with E-state index in [0.29, 0.717) is 26.7 Å². The van der Waals surface area contributed by atoms with E-state index in [0.717, 1.165) is 6.26 Å². The molecule has 2 heterocycles. The maximum absolute atomic E-state index is 12.1. The Balaban J connectivity index is 2.52. The van der Waals surface area contributed by atoms with E-state index in [9.17, 15) is 13.6 Å². The first kappa shape index (κ1) is 14.6. The second-order valence-corrected chi connectivity index (χ2v) is 7.40. The standard InChI is InChI=1S/C14H16N4O3S/c1-9(2)16-18-13-10-6-4-5-7-12(10)17(19)8-11(13)15-14(18)22(3,20)21/h4-9,16H,1-3H3. The van der Waals surface area contributed by atoms with Crippen LogP contribution in [0.25, 0.3) is 21.9 Å². The molecule has 3 aromatic rings. The molecule has 0 spiro atoms. The van der Waals surface area contributed by atoms with Gasteiger partial charge in [-0.25, -0.2) is 18.1 Å². The predicted octanol–water partition coefficient (Wildman–Crippen LogP) is 1.18. The highest BCUT2D eigenvalue weighted by molar-refractivity contribution is 7.90. The van der Waals surface area contributed by atoms with E-state index in [1.54, 1.807) is 24.3 Å². The molecule has 0 bridgehead atoms. The van der Waals surface area contributed by atoms with E-state index >= 15 is 0 Å². The van der Waals surface area contributed by atoms with Gasteiger partial charge in [0.1, 0.15) is 5.52 Å². The van der Waals surface area contributed by atoms with E-state index in [-0.39, 0.29) is 11.2 Å². The molecule has 0 saturated heterocycles. The van der Waals surface area contributed by atoms with Gasteiger partial charge in [0.25, 0.3) is 0 Å². The molecule has 1 N–H and O–H groups in total. The third kappa shape index (κ3) is 2.25. The van der Waals surface area contributed by atoms with Gasteiger partial charge in [-0.15, -0.1) is 0 Å². The summed E-state index contributed by atoms with van der Waals surface area (Å²) in [6, 6.07) is 7.02. The first-order valence-corrected chi connectivity index (χ1v) is 8.68. The Hall–Kier alpha value is -2.35. The van der Waals surface area contributed by atoms with Gasteiger partial charge >= 0.3 is 0 Å². The van der Waals surface area contributed by atoms with Gasteiger partial charge in [0.2, 0.25) is 26.7 Å². The van der Waals surface area contributed by atoms with Crippen molar-refractivity contribution in [3.63, 3.8) is 0 Å². The van der Waals surface area contributed by atoms with Crippen molar-refractivity contribution >= 4 is 31.8 Å². The van der Waals surface area contributed by atoms with Crippen molar-refractivity contribution in [3.8, 4) is 0 Å². The first-order chi connectivity index (χ1) is 10.3. The molecule has 0 amide bonds. The molecule has 0 aliphatic heterocycles. The SMILES string of the molecule is CC(C)Nn1c(S(C)(=O)=O)nc2c[n+]([O-])c3ccccc3c21. The number of para-hydroxylation sites is 1. The number of imidazole rings is 1. The molecule has 3 rings (SSSR count). The van der Waals surface area contributed by atoms with Crippen LogP contribution in [0.2, 0.25) is 0 Å². The average molecular weight is 320 g/mol. The zero-order chi connectivity index (χ0) is 16.1. The second kappa shape index (κ2) is 4.84. The maximum atomic E-state index is 12.1. The third-order valence-corrected chi connectivity index (χ3v) is 4.17. The van der Waals surface area contributed by atoms with Crippen molar-refractivity contribution in [2.75, 3.05) is 11.7 Å². The lowest BCUT2D eigenvalue weighted by atomic mass is 10.2. The fraction of sp³-hybridized carbons (Fsp3) is 0.286. The quantitative estimate of drug-likeness (QED) is 0.578. The zero-order valence-electron chi connectivity index (χ0n) is 12.4. The number of fused-ring (bicyclic) bond motifs is 3. The Morgan fingerprint density at radius 3 is 2.64 bits per heavy atom. The van der Waals surface area contributed by atoms with Gasteiger partial charge in [-0.2, -0.15) is 4.73 Å². The minimum absolute atomic E-state index is 0.00348. The molecule has 0 fully saturated rings. The summed E-state index contributed by atoms with van der Waals surface area (Å²) in [5.41, 5.74) is 4.45. The summed E-state index contributed by atoms with van der Waals surface area (Å²) < 4.78 is 26.2. The van der Waals surface area contributed by atoms with E-state index < -0.39 is 9.84 Å². The fourth-order valence-electron chi connectivity index (χ4n) is 2.44. The summed E-state index contributed by atoms with van der Waals surface area (Å²) >= 11 is 0. The highest BCUT2D eigenvalue weighted by Crippen LogP contribution is 2.24. The lowest BCUT2D eigenvalue weighted by Gasteiger charge is -2.14. The number of sulfone groups is 1. The van der Waals surface area contributed by atoms with E-state index in [1.165, 1.54) is 10.9 Å². The average Bonchev–Trinajstić information content (AvgIpc) is 2.77. The Morgan fingerprint density at radius 2 is 2.00 bits per heavy atom. The van der Waals surface area contributed by atoms with Gasteiger partial charge in [-0.1, -0.05) is 12.1 Å². The Bertz CT molecular complexity index is 977. The molecule has 0 aliphatic carbocycles. The van der Waals surface area contributed by atoms with Crippen LogP contribution in [-0.4, -0.2) is 30.4 Å². The molecule has 2 aromatic heterocycles. The van der Waals surface area contributed by atoms with Gasteiger partial charge in [-0.3, -0.25) is 0 Å². The van der Waals surface area contributed by atoms with E-state index in [4.69, 9.17) is 0 Å². The van der Waals surface area contributed by atoms with Crippen LogP contribution in [0.15, 0.2) is 35.6 Å². The lowest BCUT2D eigenvalue weighted by Crippen LogP contribution is -2.28. The zero-order valence-corrected chi connectivity index (χ0v) is 13.3. The minimum Gasteiger partial charge on any atom is -0.618 e. The number of hydrogen-bond acceptors (Lipinski definition) is 5. The van der Waals surface area contributed by atoms with Crippen LogP contribution < -0.4 is 10.2 Å². The van der Waals surface area contributed by atoms with Crippen LogP contribution in [0.1, 0.15) is 13.8 Å². The number of aromatic nitrogens is 3. The van der Waals surface area contributed by atoms with Crippen LogP contribution in [0.4, 0.5) is 0 Å². The predicted molar refractivity (Wildman–Crippen MR) is 83.8 cm³/mol. The fourth-order valence-corrected chi connectivity index (χ4v) is 3.18. The summed E-state index contributed by atoms with van der Waals surface area (Å²) in [6.07, 6.45) is 2.39. The molecule has 1 aromatic carbocycles. The number of pyridine rings is 1. The molecule has 7 nitrogen and oxygen atoms in total. The van der Waals surface area contributed by atoms with Gasteiger partial charge in [-0.05, 0) is 19.9 Å². The maximum Gasteiger partial charge on any atom is 0.247 e. The second-order valence-electron chi connectivity index (χ2n) is 5.49. The van der Waals surface area contributed by atoms with Crippen molar-refractivity contribution in [1.82, 2.24) is 9.66 Å². The topological polar surface area (TPSA) is 90.9 Å². The Morgan fingerprint density at radius 1 is 1.32 bits per heavy atom. The molecule has 8 heteroatoms. The number of hydrogen-bond donors (Lipinski definition) is 1. The van der Waals surface area contributed by atoms with Crippen LogP contribution in [0.5, 0.6) is 0 Å². The van der Waals surface area contributed by atoms with Crippen LogP contribution in [-0.2, 0) is 9.84 Å². The van der Waals surface area contributed by atoms with Gasteiger partial charge in [0, 0.05) is 18.4 Å². The molecule has 0 atom stereocenters. The highest BCUT2D eigenvalue weighted by atomic mass is 32.2.